The Kier molecular flexibility index (Phi) is 6.03. The van der Waals surface area contributed by atoms with Gasteiger partial charge in [-0.2, -0.15) is 5.10 Å². The van der Waals surface area contributed by atoms with Crippen LogP contribution in [-0.2, 0) is 16.1 Å². The van der Waals surface area contributed by atoms with Gasteiger partial charge >= 0.3 is 0 Å². The summed E-state index contributed by atoms with van der Waals surface area (Å²) in [5, 5.41) is 4.82. The number of fused-ring (bicyclic) bond motifs is 1. The normalized spacial score (nSPS) is 13.1. The van der Waals surface area contributed by atoms with E-state index in [0.717, 1.165) is 28.9 Å². The van der Waals surface area contributed by atoms with Crippen LogP contribution in [0.2, 0.25) is 0 Å². The summed E-state index contributed by atoms with van der Waals surface area (Å²) in [4.78, 5) is 32.7. The molecule has 4 rings (SSSR count). The number of hydrogen-bond acceptors (Lipinski definition) is 4. The van der Waals surface area contributed by atoms with Crippen molar-refractivity contribution < 1.29 is 14.0 Å². The van der Waals surface area contributed by atoms with Crippen LogP contribution in [0.5, 0.6) is 0 Å². The summed E-state index contributed by atoms with van der Waals surface area (Å²) in [5.74, 6) is 0.888. The minimum atomic E-state index is -0.326. The highest BCUT2D eigenvalue weighted by Crippen LogP contribution is 2.42. The van der Waals surface area contributed by atoms with Crippen LogP contribution < -0.4 is 9.80 Å². The molecule has 3 aromatic rings. The van der Waals surface area contributed by atoms with Crippen LogP contribution in [0.3, 0.4) is 0 Å². The van der Waals surface area contributed by atoms with Gasteiger partial charge in [-0.25, -0.2) is 14.1 Å². The van der Waals surface area contributed by atoms with Gasteiger partial charge in [0.25, 0.3) is 0 Å². The summed E-state index contributed by atoms with van der Waals surface area (Å²) < 4.78 is 15.4. The SMILES string of the molecule is CCC(=O)N(C)c1cc(-c2c(-c3ccc(F)cc3)nn3c2N(C(=O)CC)CCC3)ccn1. The smallest absolute Gasteiger partial charge is 0.227 e. The molecule has 0 fully saturated rings. The van der Waals surface area contributed by atoms with E-state index in [-0.39, 0.29) is 17.6 Å². The molecular formula is C24H26FN5O2. The van der Waals surface area contributed by atoms with Crippen molar-refractivity contribution in [3.63, 3.8) is 0 Å². The van der Waals surface area contributed by atoms with E-state index in [1.165, 1.54) is 17.0 Å². The number of nitrogens with zero attached hydrogens (tertiary/aromatic N) is 5. The molecule has 1 aliphatic rings. The molecule has 0 N–H and O–H groups in total. The lowest BCUT2D eigenvalue weighted by Gasteiger charge is -2.28. The lowest BCUT2D eigenvalue weighted by molar-refractivity contribution is -0.119. The Bertz CT molecular complexity index is 1160. The maximum absolute atomic E-state index is 13.6. The Hall–Kier alpha value is -3.55. The van der Waals surface area contributed by atoms with E-state index < -0.39 is 0 Å². The molecule has 8 heteroatoms. The van der Waals surface area contributed by atoms with E-state index in [2.05, 4.69) is 4.98 Å². The third-order valence-electron chi connectivity index (χ3n) is 5.71. The van der Waals surface area contributed by atoms with E-state index in [0.29, 0.717) is 37.4 Å². The molecule has 0 unspecified atom stereocenters. The summed E-state index contributed by atoms with van der Waals surface area (Å²) in [6.45, 7) is 4.94. The zero-order chi connectivity index (χ0) is 22.8. The molecule has 0 radical (unpaired) electrons. The van der Waals surface area contributed by atoms with Gasteiger partial charge in [0.05, 0.1) is 5.56 Å². The van der Waals surface area contributed by atoms with Gasteiger partial charge in [-0.15, -0.1) is 0 Å². The minimum Gasteiger partial charge on any atom is -0.300 e. The molecule has 0 saturated carbocycles. The number of rotatable bonds is 5. The predicted molar refractivity (Wildman–Crippen MR) is 122 cm³/mol. The fourth-order valence-corrected chi connectivity index (χ4v) is 4.00. The monoisotopic (exact) mass is 435 g/mol. The van der Waals surface area contributed by atoms with Crippen molar-refractivity contribution in [1.82, 2.24) is 14.8 Å². The average molecular weight is 436 g/mol. The van der Waals surface area contributed by atoms with E-state index in [1.54, 1.807) is 37.2 Å². The maximum atomic E-state index is 13.6. The summed E-state index contributed by atoms with van der Waals surface area (Å²) in [7, 11) is 1.69. The summed E-state index contributed by atoms with van der Waals surface area (Å²) in [6.07, 6.45) is 3.20. The standard InChI is InChI=1S/C24H26FN5O2/c1-4-20(31)28(3)19-15-17(11-12-26-19)22-23(16-7-9-18(25)10-8-16)27-30-14-6-13-29(24(22)30)21(32)5-2/h7-12,15H,4-6,13-14H2,1-3H3. The van der Waals surface area contributed by atoms with Crippen LogP contribution in [0, 0.1) is 5.82 Å². The van der Waals surface area contributed by atoms with Crippen LogP contribution in [0.25, 0.3) is 22.4 Å². The third-order valence-corrected chi connectivity index (χ3v) is 5.71. The zero-order valence-electron chi connectivity index (χ0n) is 18.5. The summed E-state index contributed by atoms with van der Waals surface area (Å²) in [5.41, 5.74) is 2.99. The first-order chi connectivity index (χ1) is 15.4. The van der Waals surface area contributed by atoms with Crippen molar-refractivity contribution in [3.05, 3.63) is 48.4 Å². The Morgan fingerprint density at radius 1 is 1.06 bits per heavy atom. The first-order valence-corrected chi connectivity index (χ1v) is 10.8. The molecule has 0 spiro atoms. The van der Waals surface area contributed by atoms with Crippen molar-refractivity contribution in [3.8, 4) is 22.4 Å². The lowest BCUT2D eigenvalue weighted by Crippen LogP contribution is -2.37. The molecule has 2 amide bonds. The molecule has 2 aromatic heterocycles. The van der Waals surface area contributed by atoms with Crippen LogP contribution in [0.15, 0.2) is 42.6 Å². The second-order valence-electron chi connectivity index (χ2n) is 7.74. The van der Waals surface area contributed by atoms with Gasteiger partial charge in [0, 0.05) is 44.7 Å². The number of halogens is 1. The zero-order valence-corrected chi connectivity index (χ0v) is 18.5. The van der Waals surface area contributed by atoms with Gasteiger partial charge in [0.2, 0.25) is 11.8 Å². The molecule has 1 aliphatic heterocycles. The van der Waals surface area contributed by atoms with Crippen molar-refractivity contribution >= 4 is 23.5 Å². The molecule has 0 saturated heterocycles. The highest BCUT2D eigenvalue weighted by atomic mass is 19.1. The van der Waals surface area contributed by atoms with Gasteiger partial charge < -0.3 is 0 Å². The van der Waals surface area contributed by atoms with Crippen LogP contribution >= 0.6 is 0 Å². The average Bonchev–Trinajstić information content (AvgIpc) is 3.22. The molecule has 0 bridgehead atoms. The first-order valence-electron chi connectivity index (χ1n) is 10.8. The van der Waals surface area contributed by atoms with Crippen LogP contribution in [-0.4, -0.2) is 40.2 Å². The largest absolute Gasteiger partial charge is 0.300 e. The van der Waals surface area contributed by atoms with Crippen LogP contribution in [0.1, 0.15) is 33.1 Å². The molecule has 0 aliphatic carbocycles. The number of carbonyl (C=O) groups is 2. The Labute approximate surface area is 186 Å². The summed E-state index contributed by atoms with van der Waals surface area (Å²) in [6, 6.07) is 9.86. The number of aromatic nitrogens is 3. The Balaban J connectivity index is 1.94. The maximum Gasteiger partial charge on any atom is 0.227 e. The second kappa shape index (κ2) is 8.90. The number of hydrogen-bond donors (Lipinski definition) is 0. The van der Waals surface area contributed by atoms with Crippen molar-refractivity contribution in [2.24, 2.45) is 0 Å². The Morgan fingerprint density at radius 2 is 1.81 bits per heavy atom. The van der Waals surface area contributed by atoms with E-state index in [9.17, 15) is 14.0 Å². The second-order valence-corrected chi connectivity index (χ2v) is 7.74. The fourth-order valence-electron chi connectivity index (χ4n) is 4.00. The topological polar surface area (TPSA) is 71.3 Å². The number of amides is 2. The molecule has 3 heterocycles. The van der Waals surface area contributed by atoms with Gasteiger partial charge in [0.1, 0.15) is 23.1 Å². The van der Waals surface area contributed by atoms with Gasteiger partial charge in [-0.05, 0) is 48.4 Å². The lowest BCUT2D eigenvalue weighted by atomic mass is 10.00. The fraction of sp³-hybridized carbons (Fsp3) is 0.333. The number of anilines is 2. The van der Waals surface area contributed by atoms with Crippen molar-refractivity contribution in [1.29, 1.82) is 0 Å². The Morgan fingerprint density at radius 3 is 2.50 bits per heavy atom. The first kappa shape index (κ1) is 21.7. The number of pyridine rings is 1. The molecule has 0 atom stereocenters. The van der Waals surface area contributed by atoms with E-state index >= 15 is 0 Å². The van der Waals surface area contributed by atoms with Gasteiger partial charge in [-0.3, -0.25) is 19.4 Å². The molecule has 7 nitrogen and oxygen atoms in total. The molecule has 1 aromatic carbocycles. The van der Waals surface area contributed by atoms with E-state index in [4.69, 9.17) is 5.10 Å². The van der Waals surface area contributed by atoms with Crippen molar-refractivity contribution in [2.75, 3.05) is 23.4 Å². The predicted octanol–water partition coefficient (Wildman–Crippen LogP) is 4.27. The molecule has 32 heavy (non-hydrogen) atoms. The quantitative estimate of drug-likeness (QED) is 0.600. The van der Waals surface area contributed by atoms with Gasteiger partial charge in [0.15, 0.2) is 0 Å². The third kappa shape index (κ3) is 3.88. The highest BCUT2D eigenvalue weighted by Gasteiger charge is 2.30. The van der Waals surface area contributed by atoms with Crippen molar-refractivity contribution in [2.45, 2.75) is 39.7 Å². The highest BCUT2D eigenvalue weighted by molar-refractivity contribution is 6.01. The minimum absolute atomic E-state index is 0.0188. The van der Waals surface area contributed by atoms with Gasteiger partial charge in [-0.1, -0.05) is 13.8 Å². The molecular weight excluding hydrogens is 409 g/mol. The number of aryl methyl sites for hydroxylation is 1. The molecule has 166 valence electrons. The van der Waals surface area contributed by atoms with E-state index in [1.807, 2.05) is 23.7 Å². The van der Waals surface area contributed by atoms with Crippen LogP contribution in [0.4, 0.5) is 16.0 Å². The number of carbonyl (C=O) groups excluding carboxylic acids is 2. The summed E-state index contributed by atoms with van der Waals surface area (Å²) >= 11 is 0. The number of benzene rings is 1.